The lowest BCUT2D eigenvalue weighted by atomic mass is 9.81. The van der Waals surface area contributed by atoms with E-state index in [0.717, 1.165) is 18.4 Å². The molecule has 3 heterocycles. The third-order valence-corrected chi connectivity index (χ3v) is 4.60. The third kappa shape index (κ3) is 1.71. The van der Waals surface area contributed by atoms with Crippen LogP contribution in [0.3, 0.4) is 0 Å². The minimum absolute atomic E-state index is 0.485. The van der Waals surface area contributed by atoms with Crippen molar-refractivity contribution < 1.29 is 9.84 Å². The molecule has 0 radical (unpaired) electrons. The lowest BCUT2D eigenvalue weighted by molar-refractivity contribution is -0.0509. The number of nitrogens with zero attached hydrogens (tertiary/aromatic N) is 2. The number of aromatic nitrogens is 1. The van der Waals surface area contributed by atoms with E-state index >= 15 is 0 Å². The van der Waals surface area contributed by atoms with Gasteiger partial charge < -0.3 is 14.7 Å². The number of piperidine rings is 1. The van der Waals surface area contributed by atoms with Gasteiger partial charge in [-0.25, -0.2) is 4.98 Å². The predicted octanol–water partition coefficient (Wildman–Crippen LogP) is 1.53. The molecule has 2 aliphatic rings. The lowest BCUT2D eigenvalue weighted by Crippen LogP contribution is -2.47. The van der Waals surface area contributed by atoms with Crippen molar-refractivity contribution in [1.82, 2.24) is 9.88 Å². The Morgan fingerprint density at radius 1 is 1.39 bits per heavy atom. The molecule has 4 heteroatoms. The fourth-order valence-corrected chi connectivity index (χ4v) is 3.57. The van der Waals surface area contributed by atoms with Crippen LogP contribution in [0.1, 0.15) is 31.2 Å². The number of methoxy groups -OCH3 is 1. The Bertz CT molecular complexity index is 435. The number of fused-ring (bicyclic) bond motifs is 2. The van der Waals surface area contributed by atoms with Gasteiger partial charge in [0.25, 0.3) is 0 Å². The monoisotopic (exact) mass is 248 g/mol. The first-order chi connectivity index (χ1) is 8.64. The first kappa shape index (κ1) is 11.9. The van der Waals surface area contributed by atoms with Gasteiger partial charge in [-0.15, -0.1) is 0 Å². The zero-order chi connectivity index (χ0) is 12.8. The molecule has 0 saturated carbocycles. The van der Waals surface area contributed by atoms with Crippen LogP contribution in [0.4, 0.5) is 0 Å². The third-order valence-electron chi connectivity index (χ3n) is 4.60. The summed E-state index contributed by atoms with van der Waals surface area (Å²) in [4.78, 5) is 6.63. The molecule has 2 unspecified atom stereocenters. The first-order valence-electron chi connectivity index (χ1n) is 6.58. The molecular formula is C14H20N2O2. The zero-order valence-corrected chi connectivity index (χ0v) is 11.0. The molecule has 4 nitrogen and oxygen atoms in total. The van der Waals surface area contributed by atoms with Gasteiger partial charge in [-0.3, -0.25) is 0 Å². The minimum Gasteiger partial charge on any atom is -0.481 e. The summed E-state index contributed by atoms with van der Waals surface area (Å²) < 4.78 is 5.30. The molecule has 0 aliphatic carbocycles. The van der Waals surface area contributed by atoms with Crippen LogP contribution >= 0.6 is 0 Å². The van der Waals surface area contributed by atoms with E-state index < -0.39 is 5.60 Å². The maximum atomic E-state index is 11.0. The summed E-state index contributed by atoms with van der Waals surface area (Å²) >= 11 is 0. The van der Waals surface area contributed by atoms with Gasteiger partial charge in [0.15, 0.2) is 0 Å². The second-order valence-corrected chi connectivity index (χ2v) is 5.55. The molecule has 18 heavy (non-hydrogen) atoms. The number of ether oxygens (including phenoxy) is 1. The van der Waals surface area contributed by atoms with Gasteiger partial charge in [-0.1, -0.05) is 0 Å². The van der Waals surface area contributed by atoms with Gasteiger partial charge >= 0.3 is 0 Å². The molecule has 3 rings (SSSR count). The van der Waals surface area contributed by atoms with Crippen molar-refractivity contribution in [3.8, 4) is 5.88 Å². The smallest absolute Gasteiger partial charge is 0.219 e. The second-order valence-electron chi connectivity index (χ2n) is 5.55. The van der Waals surface area contributed by atoms with Gasteiger partial charge in [0.2, 0.25) is 5.88 Å². The highest BCUT2D eigenvalue weighted by molar-refractivity contribution is 5.33. The Balaban J connectivity index is 1.96. The highest BCUT2D eigenvalue weighted by Crippen LogP contribution is 2.46. The van der Waals surface area contributed by atoms with E-state index in [0.29, 0.717) is 18.0 Å². The van der Waals surface area contributed by atoms with E-state index in [1.807, 2.05) is 12.1 Å². The Kier molecular flexibility index (Phi) is 2.79. The topological polar surface area (TPSA) is 45.6 Å². The number of rotatable bonds is 2. The Morgan fingerprint density at radius 2 is 2.06 bits per heavy atom. The van der Waals surface area contributed by atoms with Crippen LogP contribution in [0, 0.1) is 0 Å². The van der Waals surface area contributed by atoms with Crippen molar-refractivity contribution in [1.29, 1.82) is 0 Å². The number of hydrogen-bond acceptors (Lipinski definition) is 4. The average molecular weight is 248 g/mol. The molecule has 2 saturated heterocycles. The van der Waals surface area contributed by atoms with E-state index in [-0.39, 0.29) is 0 Å². The number of hydrogen-bond donors (Lipinski definition) is 1. The summed E-state index contributed by atoms with van der Waals surface area (Å²) in [6, 6.07) is 4.78. The Morgan fingerprint density at radius 3 is 2.67 bits per heavy atom. The van der Waals surface area contributed by atoms with E-state index in [9.17, 15) is 5.11 Å². The van der Waals surface area contributed by atoms with Crippen molar-refractivity contribution in [3.63, 3.8) is 0 Å². The van der Waals surface area contributed by atoms with E-state index in [2.05, 4.69) is 16.9 Å². The summed E-state index contributed by atoms with van der Waals surface area (Å²) in [6.07, 6.45) is 5.64. The standard InChI is InChI=1S/C14H20N2O2/c1-16-10-5-6-11(16)9-14(17,8-10)12-4-3-7-15-13(12)18-2/h3-4,7,10-11,17H,5-6,8-9H2,1-2H3. The molecule has 2 fully saturated rings. The maximum absolute atomic E-state index is 11.0. The zero-order valence-electron chi connectivity index (χ0n) is 11.0. The normalized spacial score (nSPS) is 35.7. The van der Waals surface area contributed by atoms with Crippen molar-refractivity contribution in [3.05, 3.63) is 23.9 Å². The first-order valence-corrected chi connectivity index (χ1v) is 6.58. The summed E-state index contributed by atoms with van der Waals surface area (Å²) in [5.41, 5.74) is 0.0651. The predicted molar refractivity (Wildman–Crippen MR) is 68.5 cm³/mol. The minimum atomic E-state index is -0.780. The maximum Gasteiger partial charge on any atom is 0.219 e. The molecule has 2 aliphatic heterocycles. The fourth-order valence-electron chi connectivity index (χ4n) is 3.57. The summed E-state index contributed by atoms with van der Waals surface area (Å²) in [6.45, 7) is 0. The van der Waals surface area contributed by atoms with Crippen LogP contribution < -0.4 is 4.74 Å². The van der Waals surface area contributed by atoms with Crippen LogP contribution in [0.5, 0.6) is 5.88 Å². The largest absolute Gasteiger partial charge is 0.481 e. The fraction of sp³-hybridized carbons (Fsp3) is 0.643. The SMILES string of the molecule is COc1ncccc1C1(O)CC2CCC(C1)N2C. The Labute approximate surface area is 108 Å². The summed E-state index contributed by atoms with van der Waals surface area (Å²) in [7, 11) is 3.78. The molecule has 98 valence electrons. The van der Waals surface area contributed by atoms with Gasteiger partial charge in [0, 0.05) is 23.8 Å². The van der Waals surface area contributed by atoms with Crippen molar-refractivity contribution >= 4 is 0 Å². The van der Waals surface area contributed by atoms with Gasteiger partial charge in [0.1, 0.15) is 0 Å². The Hall–Kier alpha value is -1.13. The molecule has 1 aromatic rings. The molecule has 0 aromatic carbocycles. The highest BCUT2D eigenvalue weighted by Gasteiger charge is 2.47. The van der Waals surface area contributed by atoms with E-state index in [1.54, 1.807) is 13.3 Å². The summed E-state index contributed by atoms with van der Waals surface area (Å²) in [5, 5.41) is 11.0. The molecular weight excluding hydrogens is 228 g/mol. The van der Waals surface area contributed by atoms with Crippen LogP contribution in [0.15, 0.2) is 18.3 Å². The molecule has 0 spiro atoms. The van der Waals surface area contributed by atoms with Crippen LogP contribution in [-0.4, -0.2) is 41.2 Å². The molecule has 1 N–H and O–H groups in total. The lowest BCUT2D eigenvalue weighted by Gasteiger charge is -2.42. The van der Waals surface area contributed by atoms with Crippen LogP contribution in [0.25, 0.3) is 0 Å². The van der Waals surface area contributed by atoms with Crippen molar-refractivity contribution in [2.75, 3.05) is 14.2 Å². The van der Waals surface area contributed by atoms with E-state index in [4.69, 9.17) is 4.74 Å². The van der Waals surface area contributed by atoms with Crippen molar-refractivity contribution in [2.24, 2.45) is 0 Å². The van der Waals surface area contributed by atoms with E-state index in [1.165, 1.54) is 12.8 Å². The summed E-state index contributed by atoms with van der Waals surface area (Å²) in [5.74, 6) is 0.559. The highest BCUT2D eigenvalue weighted by atomic mass is 16.5. The number of pyridine rings is 1. The molecule has 0 amide bonds. The van der Waals surface area contributed by atoms with Crippen molar-refractivity contribution in [2.45, 2.75) is 43.4 Å². The van der Waals surface area contributed by atoms with Crippen LogP contribution in [0.2, 0.25) is 0 Å². The molecule has 1 aromatic heterocycles. The van der Waals surface area contributed by atoms with Gasteiger partial charge in [-0.05, 0) is 44.9 Å². The molecule has 2 bridgehead atoms. The van der Waals surface area contributed by atoms with Crippen LogP contribution in [-0.2, 0) is 5.60 Å². The number of aliphatic hydroxyl groups is 1. The molecule has 2 atom stereocenters. The quantitative estimate of drug-likeness (QED) is 0.862. The average Bonchev–Trinajstić information content (AvgIpc) is 2.63. The van der Waals surface area contributed by atoms with Gasteiger partial charge in [-0.2, -0.15) is 0 Å². The second kappa shape index (κ2) is 4.21. The van der Waals surface area contributed by atoms with Gasteiger partial charge in [0.05, 0.1) is 12.7 Å².